The van der Waals surface area contributed by atoms with Crippen LogP contribution in [0.3, 0.4) is 0 Å². The first kappa shape index (κ1) is 30.6. The molecule has 0 heterocycles. The fourth-order valence-corrected chi connectivity index (χ4v) is 3.98. The van der Waals surface area contributed by atoms with Crippen molar-refractivity contribution in [2.45, 2.75) is 96.8 Å². The van der Waals surface area contributed by atoms with Gasteiger partial charge in [-0.1, -0.05) is 70.4 Å². The molecule has 0 radical (unpaired) electrons. The summed E-state index contributed by atoms with van der Waals surface area (Å²) in [5.74, 6) is -0.0231. The Morgan fingerprint density at radius 2 is 1.34 bits per heavy atom. The Morgan fingerprint density at radius 1 is 0.812 bits per heavy atom. The highest BCUT2D eigenvalue weighted by Crippen LogP contribution is 2.25. The summed E-state index contributed by atoms with van der Waals surface area (Å²) in [5, 5.41) is 0. The first-order valence-corrected chi connectivity index (χ1v) is 12.4. The molecule has 1 aliphatic carbocycles. The Hall–Kier alpha value is -1.39. The number of likely N-dealkylation sites (N-methyl/N-ethyl adjacent to an activating group) is 1. The zero-order chi connectivity index (χ0) is 22.9. The van der Waals surface area contributed by atoms with Crippen LogP contribution < -0.4 is 0 Å². The number of halogens is 1. The van der Waals surface area contributed by atoms with E-state index in [0.29, 0.717) is 24.1 Å². The van der Waals surface area contributed by atoms with Gasteiger partial charge in [-0.15, -0.1) is 12.4 Å². The number of Topliss-reactive ketones (excluding diaryl/α,β-unsaturated/α-hetero) is 1. The molecule has 0 aromatic heterocycles. The number of unbranched alkanes of at least 4 members (excludes halogenated alkanes) is 11. The maximum absolute atomic E-state index is 12.6. The minimum Gasteiger partial charge on any atom is -0.493 e. The summed E-state index contributed by atoms with van der Waals surface area (Å²) < 4.78 is 5.12. The second-order valence-corrected chi connectivity index (χ2v) is 8.94. The van der Waals surface area contributed by atoms with E-state index in [2.05, 4.69) is 19.1 Å². The third kappa shape index (κ3) is 12.6. The standard InChI is InChI=1S/C27H45NO3.ClH/c1-5-6-7-8-9-10-11-12-13-14-15-16-17-18-19-20-23-24(22-28(2)3)25(29)21-26(31-4)27(23)30;/h10-11,21H,5-9,12-20,22H2,1-4H3;1H/b11-10-;. The summed E-state index contributed by atoms with van der Waals surface area (Å²) in [7, 11) is 5.29. The van der Waals surface area contributed by atoms with Crippen LogP contribution in [0.2, 0.25) is 0 Å². The van der Waals surface area contributed by atoms with Crippen molar-refractivity contribution in [3.05, 3.63) is 35.1 Å². The van der Waals surface area contributed by atoms with Gasteiger partial charge in [0.25, 0.3) is 0 Å². The number of allylic oxidation sites excluding steroid dienone is 4. The van der Waals surface area contributed by atoms with Crippen molar-refractivity contribution in [1.82, 2.24) is 4.90 Å². The molecule has 0 spiro atoms. The van der Waals surface area contributed by atoms with Crippen molar-refractivity contribution in [1.29, 1.82) is 0 Å². The zero-order valence-electron chi connectivity index (χ0n) is 20.9. The van der Waals surface area contributed by atoms with Crippen molar-refractivity contribution in [2.75, 3.05) is 27.7 Å². The fraction of sp³-hybridized carbons (Fsp3) is 0.704. The monoisotopic (exact) mass is 467 g/mol. The van der Waals surface area contributed by atoms with E-state index in [0.717, 1.165) is 12.8 Å². The lowest BCUT2D eigenvalue weighted by atomic mass is 9.89. The van der Waals surface area contributed by atoms with E-state index in [4.69, 9.17) is 4.74 Å². The smallest absolute Gasteiger partial charge is 0.224 e. The van der Waals surface area contributed by atoms with E-state index < -0.39 is 0 Å². The molecule has 0 bridgehead atoms. The number of nitrogens with zero attached hydrogens (tertiary/aromatic N) is 1. The second-order valence-electron chi connectivity index (χ2n) is 8.94. The zero-order valence-corrected chi connectivity index (χ0v) is 21.7. The molecule has 0 amide bonds. The van der Waals surface area contributed by atoms with Gasteiger partial charge in [0.05, 0.1) is 7.11 Å². The number of ketones is 2. The van der Waals surface area contributed by atoms with Crippen LogP contribution in [0.1, 0.15) is 96.8 Å². The third-order valence-electron chi connectivity index (χ3n) is 5.80. The van der Waals surface area contributed by atoms with Gasteiger partial charge in [0, 0.05) is 23.8 Å². The summed E-state index contributed by atoms with van der Waals surface area (Å²) in [6.07, 6.45) is 22.9. The molecule has 0 atom stereocenters. The van der Waals surface area contributed by atoms with Crippen LogP contribution in [-0.4, -0.2) is 44.2 Å². The molecular formula is C27H46ClNO3. The first-order valence-electron chi connectivity index (χ1n) is 12.4. The Balaban J connectivity index is 0.00000961. The maximum atomic E-state index is 12.6. The molecule has 1 rings (SSSR count). The molecule has 0 aliphatic heterocycles. The first-order chi connectivity index (χ1) is 15.0. The minimum absolute atomic E-state index is 0. The van der Waals surface area contributed by atoms with Crippen LogP contribution in [0.5, 0.6) is 0 Å². The average Bonchev–Trinajstić information content (AvgIpc) is 2.74. The van der Waals surface area contributed by atoms with Gasteiger partial charge in [-0.3, -0.25) is 9.59 Å². The lowest BCUT2D eigenvalue weighted by Crippen LogP contribution is -2.27. The fourth-order valence-electron chi connectivity index (χ4n) is 3.98. The molecule has 0 fully saturated rings. The van der Waals surface area contributed by atoms with Crippen molar-refractivity contribution in [2.24, 2.45) is 0 Å². The topological polar surface area (TPSA) is 46.6 Å². The summed E-state index contributed by atoms with van der Waals surface area (Å²) >= 11 is 0. The second kappa shape index (κ2) is 19.1. The highest BCUT2D eigenvalue weighted by Gasteiger charge is 2.28. The van der Waals surface area contributed by atoms with E-state index >= 15 is 0 Å². The predicted octanol–water partition coefficient (Wildman–Crippen LogP) is 6.99. The number of carbonyl (C=O) groups excluding carboxylic acids is 2. The van der Waals surface area contributed by atoms with Crippen LogP contribution >= 0.6 is 12.4 Å². The molecule has 1 aliphatic rings. The Bertz CT molecular complexity index is 635. The van der Waals surface area contributed by atoms with E-state index in [1.54, 1.807) is 0 Å². The Morgan fingerprint density at radius 3 is 1.88 bits per heavy atom. The highest BCUT2D eigenvalue weighted by molar-refractivity contribution is 6.22. The number of rotatable bonds is 18. The summed E-state index contributed by atoms with van der Waals surface area (Å²) in [6.45, 7) is 2.76. The van der Waals surface area contributed by atoms with Crippen molar-refractivity contribution < 1.29 is 14.3 Å². The van der Waals surface area contributed by atoms with E-state index in [9.17, 15) is 9.59 Å². The summed E-state index contributed by atoms with van der Waals surface area (Å²) in [4.78, 5) is 27.0. The maximum Gasteiger partial charge on any atom is 0.224 e. The number of hydrogen-bond donors (Lipinski definition) is 0. The van der Waals surface area contributed by atoms with Crippen molar-refractivity contribution >= 4 is 24.0 Å². The normalized spacial score (nSPS) is 14.3. The van der Waals surface area contributed by atoms with Gasteiger partial charge in [0.1, 0.15) is 0 Å². The minimum atomic E-state index is -0.114. The van der Waals surface area contributed by atoms with Gasteiger partial charge in [0.15, 0.2) is 11.5 Å². The quantitative estimate of drug-likeness (QED) is 0.124. The lowest BCUT2D eigenvalue weighted by molar-refractivity contribution is -0.118. The molecule has 0 aromatic carbocycles. The van der Waals surface area contributed by atoms with E-state index in [-0.39, 0.29) is 29.7 Å². The average molecular weight is 468 g/mol. The Labute approximate surface area is 203 Å². The third-order valence-corrected chi connectivity index (χ3v) is 5.80. The van der Waals surface area contributed by atoms with Crippen LogP contribution in [0.4, 0.5) is 0 Å². The Kier molecular flexibility index (Phi) is 18.3. The lowest BCUT2D eigenvalue weighted by Gasteiger charge is -2.21. The van der Waals surface area contributed by atoms with Gasteiger partial charge in [-0.25, -0.2) is 0 Å². The summed E-state index contributed by atoms with van der Waals surface area (Å²) in [5.41, 5.74) is 1.29. The van der Waals surface area contributed by atoms with Crippen LogP contribution in [-0.2, 0) is 14.3 Å². The van der Waals surface area contributed by atoms with Gasteiger partial charge < -0.3 is 9.64 Å². The van der Waals surface area contributed by atoms with E-state index in [1.165, 1.54) is 83.8 Å². The molecule has 5 heteroatoms. The molecular weight excluding hydrogens is 422 g/mol. The predicted molar refractivity (Wildman–Crippen MR) is 137 cm³/mol. The molecule has 0 unspecified atom stereocenters. The summed E-state index contributed by atoms with van der Waals surface area (Å²) in [6, 6.07) is 0. The molecule has 0 N–H and O–H groups in total. The van der Waals surface area contributed by atoms with Gasteiger partial charge in [-0.05, 0) is 52.6 Å². The van der Waals surface area contributed by atoms with E-state index in [1.807, 2.05) is 19.0 Å². The number of hydrogen-bond acceptors (Lipinski definition) is 4. The van der Waals surface area contributed by atoms with Gasteiger partial charge >= 0.3 is 0 Å². The van der Waals surface area contributed by atoms with Crippen molar-refractivity contribution in [3.8, 4) is 0 Å². The van der Waals surface area contributed by atoms with Crippen LogP contribution in [0.15, 0.2) is 35.1 Å². The van der Waals surface area contributed by atoms with Crippen molar-refractivity contribution in [3.63, 3.8) is 0 Å². The molecule has 32 heavy (non-hydrogen) atoms. The van der Waals surface area contributed by atoms with Gasteiger partial charge in [-0.2, -0.15) is 0 Å². The van der Waals surface area contributed by atoms with Crippen LogP contribution in [0, 0.1) is 0 Å². The van der Waals surface area contributed by atoms with Crippen LogP contribution in [0.25, 0.3) is 0 Å². The molecule has 0 saturated heterocycles. The number of methoxy groups -OCH3 is 1. The largest absolute Gasteiger partial charge is 0.493 e. The SMILES string of the molecule is CCCCCC/C=C\CCCCCCCCCC1=C(CN(C)C)C(=O)C=C(OC)C1=O.Cl. The molecule has 184 valence electrons. The highest BCUT2D eigenvalue weighted by atomic mass is 35.5. The van der Waals surface area contributed by atoms with Gasteiger partial charge in [0.2, 0.25) is 5.78 Å². The molecule has 0 aromatic rings. The molecule has 4 nitrogen and oxygen atoms in total. The molecule has 0 saturated carbocycles. The number of ether oxygens (including phenoxy) is 1. The number of carbonyl (C=O) groups is 2.